The molecule has 1 heterocycles. The molecule has 1 aromatic carbocycles. The quantitative estimate of drug-likeness (QED) is 0.934. The van der Waals surface area contributed by atoms with Crippen molar-refractivity contribution < 1.29 is 4.39 Å². The molecule has 0 unspecified atom stereocenters. The summed E-state index contributed by atoms with van der Waals surface area (Å²) in [5.41, 5.74) is 3.28. The van der Waals surface area contributed by atoms with E-state index in [0.717, 1.165) is 17.7 Å². The van der Waals surface area contributed by atoms with Crippen molar-refractivity contribution in [3.8, 4) is 0 Å². The van der Waals surface area contributed by atoms with Crippen LogP contribution in [0, 0.1) is 12.7 Å². The summed E-state index contributed by atoms with van der Waals surface area (Å²) in [7, 11) is 0. The highest BCUT2D eigenvalue weighted by molar-refractivity contribution is 9.10. The molecule has 0 radical (unpaired) electrons. The molecule has 1 N–H and O–H groups in total. The molecule has 0 saturated heterocycles. The molecule has 18 heavy (non-hydrogen) atoms. The van der Waals surface area contributed by atoms with E-state index in [1.54, 1.807) is 12.3 Å². The van der Waals surface area contributed by atoms with Crippen LogP contribution in [-0.2, 0) is 13.1 Å². The van der Waals surface area contributed by atoms with Gasteiger partial charge in [0, 0.05) is 25.5 Å². The van der Waals surface area contributed by atoms with Gasteiger partial charge in [-0.2, -0.15) is 0 Å². The van der Waals surface area contributed by atoms with E-state index < -0.39 is 0 Å². The Morgan fingerprint density at radius 3 is 2.78 bits per heavy atom. The lowest BCUT2D eigenvalue weighted by Gasteiger charge is -2.09. The topological polar surface area (TPSA) is 24.9 Å². The molecular formula is C14H14BrFN2. The first-order valence-electron chi connectivity index (χ1n) is 5.71. The minimum absolute atomic E-state index is 0.227. The summed E-state index contributed by atoms with van der Waals surface area (Å²) < 4.78 is 13.8. The van der Waals surface area contributed by atoms with Gasteiger partial charge in [0.15, 0.2) is 0 Å². The normalized spacial score (nSPS) is 10.6. The minimum Gasteiger partial charge on any atom is -0.309 e. The number of halogens is 2. The number of nitrogens with one attached hydrogen (secondary N) is 1. The molecule has 0 aliphatic carbocycles. The highest BCUT2D eigenvalue weighted by atomic mass is 79.9. The maximum Gasteiger partial charge on any atom is 0.137 e. The molecule has 0 aliphatic heterocycles. The van der Waals surface area contributed by atoms with Crippen molar-refractivity contribution in [2.45, 2.75) is 20.0 Å². The molecule has 0 saturated carbocycles. The lowest BCUT2D eigenvalue weighted by molar-refractivity contribution is 0.612. The van der Waals surface area contributed by atoms with E-state index in [1.807, 2.05) is 25.3 Å². The van der Waals surface area contributed by atoms with E-state index in [2.05, 4.69) is 26.2 Å². The van der Waals surface area contributed by atoms with Gasteiger partial charge in [-0.15, -0.1) is 0 Å². The van der Waals surface area contributed by atoms with Crippen molar-refractivity contribution in [1.29, 1.82) is 0 Å². The second-order valence-electron chi connectivity index (χ2n) is 4.12. The van der Waals surface area contributed by atoms with Gasteiger partial charge in [0.1, 0.15) is 5.82 Å². The maximum atomic E-state index is 13.3. The first kappa shape index (κ1) is 13.2. The van der Waals surface area contributed by atoms with E-state index in [-0.39, 0.29) is 5.82 Å². The molecule has 0 bridgehead atoms. The SMILES string of the molecule is Cc1cnccc1CNCc1cccc(F)c1Br. The molecule has 2 rings (SSSR count). The number of rotatable bonds is 4. The molecule has 0 atom stereocenters. The predicted molar refractivity (Wildman–Crippen MR) is 73.6 cm³/mol. The zero-order valence-electron chi connectivity index (χ0n) is 10.1. The summed E-state index contributed by atoms with van der Waals surface area (Å²) in [6, 6.07) is 7.05. The van der Waals surface area contributed by atoms with Crippen LogP contribution in [0.15, 0.2) is 41.1 Å². The van der Waals surface area contributed by atoms with E-state index in [9.17, 15) is 4.39 Å². The molecule has 0 fully saturated rings. The molecular weight excluding hydrogens is 295 g/mol. The van der Waals surface area contributed by atoms with Gasteiger partial charge in [-0.3, -0.25) is 4.98 Å². The number of pyridine rings is 1. The zero-order chi connectivity index (χ0) is 13.0. The lowest BCUT2D eigenvalue weighted by Crippen LogP contribution is -2.14. The Balaban J connectivity index is 1.97. The van der Waals surface area contributed by atoms with Crippen LogP contribution in [0.4, 0.5) is 4.39 Å². The number of benzene rings is 1. The van der Waals surface area contributed by atoms with E-state index in [0.29, 0.717) is 11.0 Å². The third kappa shape index (κ3) is 3.15. The second-order valence-corrected chi connectivity index (χ2v) is 4.91. The molecule has 1 aromatic heterocycles. The first-order valence-corrected chi connectivity index (χ1v) is 6.51. The highest BCUT2D eigenvalue weighted by Gasteiger charge is 2.04. The van der Waals surface area contributed by atoms with Gasteiger partial charge in [-0.05, 0) is 51.7 Å². The van der Waals surface area contributed by atoms with Crippen molar-refractivity contribution in [1.82, 2.24) is 10.3 Å². The third-order valence-corrected chi connectivity index (χ3v) is 3.69. The Bertz CT molecular complexity index is 543. The number of hydrogen-bond acceptors (Lipinski definition) is 2. The molecule has 0 aliphatic rings. The zero-order valence-corrected chi connectivity index (χ0v) is 11.7. The van der Waals surface area contributed by atoms with Gasteiger partial charge < -0.3 is 5.32 Å². The fourth-order valence-electron chi connectivity index (χ4n) is 1.72. The van der Waals surface area contributed by atoms with Crippen molar-refractivity contribution >= 4 is 15.9 Å². The van der Waals surface area contributed by atoms with Crippen LogP contribution in [0.2, 0.25) is 0 Å². The summed E-state index contributed by atoms with van der Waals surface area (Å²) in [5, 5.41) is 3.30. The van der Waals surface area contributed by atoms with Crippen molar-refractivity contribution in [2.24, 2.45) is 0 Å². The van der Waals surface area contributed by atoms with Gasteiger partial charge in [0.2, 0.25) is 0 Å². The monoisotopic (exact) mass is 308 g/mol. The standard InChI is InChI=1S/C14H14BrFN2/c1-10-7-17-6-5-11(10)8-18-9-12-3-2-4-13(16)14(12)15/h2-7,18H,8-9H2,1H3. The Morgan fingerprint density at radius 2 is 2.00 bits per heavy atom. The number of aryl methyl sites for hydroxylation is 1. The second kappa shape index (κ2) is 6.07. The smallest absolute Gasteiger partial charge is 0.137 e. The predicted octanol–water partition coefficient (Wildman–Crippen LogP) is 3.58. The summed E-state index contributed by atoms with van der Waals surface area (Å²) in [6.45, 7) is 3.40. The fraction of sp³-hybridized carbons (Fsp3) is 0.214. The van der Waals surface area contributed by atoms with Crippen LogP contribution < -0.4 is 5.32 Å². The highest BCUT2D eigenvalue weighted by Crippen LogP contribution is 2.20. The molecule has 2 nitrogen and oxygen atoms in total. The average Bonchev–Trinajstić information content (AvgIpc) is 2.37. The van der Waals surface area contributed by atoms with Crippen LogP contribution in [0.25, 0.3) is 0 Å². The van der Waals surface area contributed by atoms with Crippen LogP contribution in [0.5, 0.6) is 0 Å². The number of aromatic nitrogens is 1. The van der Waals surface area contributed by atoms with Crippen molar-refractivity contribution in [2.75, 3.05) is 0 Å². The van der Waals surface area contributed by atoms with Crippen molar-refractivity contribution in [3.63, 3.8) is 0 Å². The van der Waals surface area contributed by atoms with E-state index in [4.69, 9.17) is 0 Å². The summed E-state index contributed by atoms with van der Waals surface area (Å²) in [4.78, 5) is 4.05. The average molecular weight is 309 g/mol. The van der Waals surface area contributed by atoms with Gasteiger partial charge in [-0.1, -0.05) is 12.1 Å². The first-order chi connectivity index (χ1) is 8.68. The Morgan fingerprint density at radius 1 is 1.22 bits per heavy atom. The van der Waals surface area contributed by atoms with E-state index in [1.165, 1.54) is 11.6 Å². The van der Waals surface area contributed by atoms with Crippen LogP contribution in [0.1, 0.15) is 16.7 Å². The largest absolute Gasteiger partial charge is 0.309 e. The molecule has 4 heteroatoms. The van der Waals surface area contributed by atoms with Gasteiger partial charge in [-0.25, -0.2) is 4.39 Å². The van der Waals surface area contributed by atoms with E-state index >= 15 is 0 Å². The number of hydrogen-bond donors (Lipinski definition) is 1. The summed E-state index contributed by atoms with van der Waals surface area (Å²) >= 11 is 3.26. The van der Waals surface area contributed by atoms with Crippen molar-refractivity contribution in [3.05, 3.63) is 63.6 Å². The lowest BCUT2D eigenvalue weighted by atomic mass is 10.1. The maximum absolute atomic E-state index is 13.3. The Labute approximate surface area is 114 Å². The molecule has 2 aromatic rings. The van der Waals surface area contributed by atoms with Crippen LogP contribution in [-0.4, -0.2) is 4.98 Å². The van der Waals surface area contributed by atoms with Gasteiger partial charge >= 0.3 is 0 Å². The Hall–Kier alpha value is -1.26. The van der Waals surface area contributed by atoms with Gasteiger partial charge in [0.25, 0.3) is 0 Å². The Kier molecular flexibility index (Phi) is 4.44. The fourth-order valence-corrected chi connectivity index (χ4v) is 2.12. The van der Waals surface area contributed by atoms with Gasteiger partial charge in [0.05, 0.1) is 4.47 Å². The van der Waals surface area contributed by atoms with Crippen LogP contribution in [0.3, 0.4) is 0 Å². The summed E-state index contributed by atoms with van der Waals surface area (Å²) in [6.07, 6.45) is 3.62. The summed E-state index contributed by atoms with van der Waals surface area (Å²) in [5.74, 6) is -0.227. The molecule has 0 amide bonds. The number of nitrogens with zero attached hydrogens (tertiary/aromatic N) is 1. The minimum atomic E-state index is -0.227. The van der Waals surface area contributed by atoms with Crippen LogP contribution >= 0.6 is 15.9 Å². The molecule has 0 spiro atoms. The molecule has 94 valence electrons. The third-order valence-electron chi connectivity index (χ3n) is 2.80.